The predicted octanol–water partition coefficient (Wildman–Crippen LogP) is 4.76. The van der Waals surface area contributed by atoms with Gasteiger partial charge in [0.05, 0.1) is 17.9 Å². The third-order valence-electron chi connectivity index (χ3n) is 4.18. The normalized spacial score (nSPS) is 12.3. The number of carbonyl (C=O) groups is 1. The molecule has 1 unspecified atom stereocenters. The minimum Gasteiger partial charge on any atom is -0.345 e. The summed E-state index contributed by atoms with van der Waals surface area (Å²) in [6.07, 6.45) is 3.05. The number of hydrogen-bond donors (Lipinski definition) is 2. The van der Waals surface area contributed by atoms with Gasteiger partial charge in [0.2, 0.25) is 0 Å². The second-order valence-corrected chi connectivity index (χ2v) is 7.04. The molecule has 2 N–H and O–H groups in total. The lowest BCUT2D eigenvalue weighted by molar-refractivity contribution is -0.117. The van der Waals surface area contributed by atoms with Crippen molar-refractivity contribution in [3.8, 4) is 17.3 Å². The number of aromatic nitrogens is 2. The van der Waals surface area contributed by atoms with Gasteiger partial charge in [0, 0.05) is 15.6 Å². The topological polar surface area (TPSA) is 81.6 Å². The number of hydrogen-bond acceptors (Lipinski definition) is 3. The Bertz CT molecular complexity index is 1050. The fourth-order valence-electron chi connectivity index (χ4n) is 2.67. The minimum atomic E-state index is -0.512. The molecule has 7 heteroatoms. The van der Waals surface area contributed by atoms with E-state index in [1.54, 1.807) is 25.3 Å². The van der Waals surface area contributed by atoms with E-state index < -0.39 is 5.91 Å². The first kappa shape index (κ1) is 19.5. The lowest BCUT2D eigenvalue weighted by atomic mass is 10.0. The summed E-state index contributed by atoms with van der Waals surface area (Å²) in [6, 6.07) is 15.0. The third kappa shape index (κ3) is 4.53. The number of nitrogens with zero attached hydrogens (tertiary/aromatic N) is 2. The van der Waals surface area contributed by atoms with Crippen molar-refractivity contribution in [3.63, 3.8) is 0 Å². The Balaban J connectivity index is 1.81. The Morgan fingerprint density at radius 3 is 2.57 bits per heavy atom. The number of nitrogens with one attached hydrogen (secondary N) is 2. The number of amides is 1. The first-order valence-electron chi connectivity index (χ1n) is 8.45. The molecule has 1 heterocycles. The van der Waals surface area contributed by atoms with Crippen LogP contribution in [-0.4, -0.2) is 16.1 Å². The van der Waals surface area contributed by atoms with E-state index in [0.29, 0.717) is 11.3 Å². The highest BCUT2D eigenvalue weighted by atomic mass is 79.9. The van der Waals surface area contributed by atoms with Crippen molar-refractivity contribution < 1.29 is 9.18 Å². The highest BCUT2D eigenvalue weighted by molar-refractivity contribution is 9.10. The number of aromatic amines is 1. The summed E-state index contributed by atoms with van der Waals surface area (Å²) < 4.78 is 14.0. The smallest absolute Gasteiger partial charge is 0.262 e. The van der Waals surface area contributed by atoms with Gasteiger partial charge in [-0.1, -0.05) is 40.2 Å². The van der Waals surface area contributed by atoms with E-state index >= 15 is 0 Å². The van der Waals surface area contributed by atoms with Crippen LogP contribution < -0.4 is 5.32 Å². The Morgan fingerprint density at radius 2 is 1.93 bits per heavy atom. The largest absolute Gasteiger partial charge is 0.345 e. The Labute approximate surface area is 170 Å². The fraction of sp³-hybridized carbons (Fsp3) is 0.0952. The Kier molecular flexibility index (Phi) is 6.02. The molecule has 2 aromatic carbocycles. The molecule has 3 rings (SSSR count). The number of benzene rings is 2. The average molecular weight is 439 g/mol. The van der Waals surface area contributed by atoms with Gasteiger partial charge in [-0.15, -0.1) is 0 Å². The van der Waals surface area contributed by atoms with E-state index in [0.717, 1.165) is 15.6 Å². The fourth-order valence-corrected chi connectivity index (χ4v) is 2.93. The van der Waals surface area contributed by atoms with Gasteiger partial charge in [0.25, 0.3) is 5.91 Å². The van der Waals surface area contributed by atoms with Gasteiger partial charge in [-0.3, -0.25) is 9.89 Å². The third-order valence-corrected chi connectivity index (χ3v) is 4.71. The maximum absolute atomic E-state index is 13.1. The molecule has 0 bridgehead atoms. The molecular weight excluding hydrogens is 423 g/mol. The molecule has 0 saturated carbocycles. The minimum absolute atomic E-state index is 0.0475. The van der Waals surface area contributed by atoms with E-state index in [1.807, 2.05) is 30.3 Å². The van der Waals surface area contributed by atoms with Gasteiger partial charge in [-0.05, 0) is 42.8 Å². The van der Waals surface area contributed by atoms with Crippen molar-refractivity contribution >= 4 is 27.9 Å². The van der Waals surface area contributed by atoms with Crippen molar-refractivity contribution in [2.75, 3.05) is 0 Å². The maximum Gasteiger partial charge on any atom is 0.262 e. The summed E-state index contributed by atoms with van der Waals surface area (Å²) in [5.41, 5.74) is 2.91. The molecule has 3 aromatic rings. The van der Waals surface area contributed by atoms with E-state index in [2.05, 4.69) is 31.4 Å². The van der Waals surface area contributed by atoms with Crippen LogP contribution in [0.3, 0.4) is 0 Å². The van der Waals surface area contributed by atoms with Crippen LogP contribution in [0.25, 0.3) is 17.3 Å². The highest BCUT2D eigenvalue weighted by Gasteiger charge is 2.15. The molecule has 140 valence electrons. The quantitative estimate of drug-likeness (QED) is 0.444. The van der Waals surface area contributed by atoms with Crippen molar-refractivity contribution in [2.24, 2.45) is 0 Å². The molecular formula is C21H16BrFN4O. The molecule has 0 spiro atoms. The van der Waals surface area contributed by atoms with Crippen molar-refractivity contribution in [3.05, 3.63) is 81.7 Å². The van der Waals surface area contributed by atoms with Gasteiger partial charge >= 0.3 is 0 Å². The van der Waals surface area contributed by atoms with E-state index in [4.69, 9.17) is 0 Å². The van der Waals surface area contributed by atoms with Crippen LogP contribution in [-0.2, 0) is 4.79 Å². The van der Waals surface area contributed by atoms with Crippen LogP contribution in [0.5, 0.6) is 0 Å². The zero-order valence-corrected chi connectivity index (χ0v) is 16.5. The van der Waals surface area contributed by atoms with Gasteiger partial charge in [0.15, 0.2) is 0 Å². The number of carbonyl (C=O) groups excluding carboxylic acids is 1. The number of halogens is 2. The monoisotopic (exact) mass is 438 g/mol. The number of nitriles is 1. The van der Waals surface area contributed by atoms with Crippen LogP contribution in [0.4, 0.5) is 4.39 Å². The summed E-state index contributed by atoms with van der Waals surface area (Å²) >= 11 is 3.39. The van der Waals surface area contributed by atoms with Crippen molar-refractivity contribution in [2.45, 2.75) is 13.0 Å². The van der Waals surface area contributed by atoms with Crippen molar-refractivity contribution in [1.82, 2.24) is 15.5 Å². The molecule has 1 atom stereocenters. The lowest BCUT2D eigenvalue weighted by Gasteiger charge is -2.14. The van der Waals surface area contributed by atoms with Gasteiger partial charge in [0.1, 0.15) is 17.5 Å². The van der Waals surface area contributed by atoms with E-state index in [-0.39, 0.29) is 17.4 Å². The second kappa shape index (κ2) is 8.63. The van der Waals surface area contributed by atoms with E-state index in [9.17, 15) is 14.4 Å². The summed E-state index contributed by atoms with van der Waals surface area (Å²) in [7, 11) is 0. The van der Waals surface area contributed by atoms with Gasteiger partial charge in [-0.25, -0.2) is 4.39 Å². The Morgan fingerprint density at radius 1 is 1.25 bits per heavy atom. The molecule has 0 fully saturated rings. The molecule has 0 radical (unpaired) electrons. The lowest BCUT2D eigenvalue weighted by Crippen LogP contribution is -2.27. The molecule has 0 aliphatic heterocycles. The first-order chi connectivity index (χ1) is 13.5. The van der Waals surface area contributed by atoms with Gasteiger partial charge in [-0.2, -0.15) is 10.4 Å². The summed E-state index contributed by atoms with van der Waals surface area (Å²) in [5.74, 6) is -0.859. The van der Waals surface area contributed by atoms with E-state index in [1.165, 1.54) is 18.2 Å². The van der Waals surface area contributed by atoms with Crippen molar-refractivity contribution in [1.29, 1.82) is 5.26 Å². The van der Waals surface area contributed by atoms with Crippen LogP contribution in [0.15, 0.2) is 64.8 Å². The Hall–Kier alpha value is -3.24. The highest BCUT2D eigenvalue weighted by Crippen LogP contribution is 2.25. The zero-order chi connectivity index (χ0) is 20.1. The number of H-pyrrole nitrogens is 1. The average Bonchev–Trinajstić information content (AvgIpc) is 3.15. The molecule has 0 aliphatic carbocycles. The maximum atomic E-state index is 13.1. The van der Waals surface area contributed by atoms with Crippen LogP contribution in [0, 0.1) is 17.1 Å². The van der Waals surface area contributed by atoms with Gasteiger partial charge < -0.3 is 5.32 Å². The molecule has 5 nitrogen and oxygen atoms in total. The van der Waals surface area contributed by atoms with Crippen LogP contribution in [0.1, 0.15) is 24.1 Å². The summed E-state index contributed by atoms with van der Waals surface area (Å²) in [5, 5.41) is 19.1. The number of rotatable bonds is 5. The molecule has 0 saturated heterocycles. The molecule has 1 aromatic heterocycles. The standard InChI is InChI=1S/C21H16BrFN4O/c1-13(14-4-8-19(23)9-5-14)26-21(28)16(11-24)10-17-12-25-27-20(17)15-2-6-18(22)7-3-15/h2-10,12-13H,1H3,(H,25,27)(H,26,28)/b16-10+. The summed E-state index contributed by atoms with van der Waals surface area (Å²) in [4.78, 5) is 12.5. The molecule has 1 amide bonds. The zero-order valence-electron chi connectivity index (χ0n) is 14.9. The first-order valence-corrected chi connectivity index (χ1v) is 9.24. The second-order valence-electron chi connectivity index (χ2n) is 6.12. The van der Waals surface area contributed by atoms with Crippen LogP contribution in [0.2, 0.25) is 0 Å². The van der Waals surface area contributed by atoms with Crippen LogP contribution >= 0.6 is 15.9 Å². The molecule has 28 heavy (non-hydrogen) atoms. The SMILES string of the molecule is CC(NC(=O)/C(C#N)=C/c1cn[nH]c1-c1ccc(Br)cc1)c1ccc(F)cc1. The summed E-state index contributed by atoms with van der Waals surface area (Å²) in [6.45, 7) is 1.77. The predicted molar refractivity (Wildman–Crippen MR) is 108 cm³/mol. The molecule has 0 aliphatic rings.